The Morgan fingerprint density at radius 3 is 2.08 bits per heavy atom. The number of nitrogens with one attached hydrogen (secondary N) is 1. The molecular weight excluding hydrogens is 500 g/mol. The van der Waals surface area contributed by atoms with Crippen LogP contribution in [0.4, 0.5) is 0 Å². The summed E-state index contributed by atoms with van der Waals surface area (Å²) in [5, 5.41) is 2.73. The number of methoxy groups -OCH3 is 1. The number of likely N-dealkylation sites (tertiary alicyclic amines) is 1. The molecule has 2 amide bonds. The number of carbonyl (C=O) groups excluding carboxylic acids is 3. The Kier molecular flexibility index (Phi) is 7.71. The maximum atomic E-state index is 14.0. The van der Waals surface area contributed by atoms with Crippen LogP contribution >= 0.6 is 10.8 Å². The summed E-state index contributed by atoms with van der Waals surface area (Å²) in [5.41, 5.74) is -0.153. The van der Waals surface area contributed by atoms with Crippen molar-refractivity contribution in [1.82, 2.24) is 10.2 Å². The van der Waals surface area contributed by atoms with Crippen molar-refractivity contribution < 1.29 is 27.5 Å². The van der Waals surface area contributed by atoms with Gasteiger partial charge in [0.1, 0.15) is 0 Å². The fourth-order valence-electron chi connectivity index (χ4n) is 4.38. The molecule has 0 aliphatic carbocycles. The summed E-state index contributed by atoms with van der Waals surface area (Å²) < 4.78 is 31.9. The molecule has 0 radical (unpaired) electrons. The van der Waals surface area contributed by atoms with Crippen molar-refractivity contribution in [2.75, 3.05) is 7.11 Å². The topological polar surface area (TPSA) is 110 Å². The number of benzene rings is 2. The van der Waals surface area contributed by atoms with Gasteiger partial charge in [0, 0.05) is 16.4 Å². The highest BCUT2D eigenvalue weighted by Crippen LogP contribution is 2.53. The lowest BCUT2D eigenvalue weighted by Crippen LogP contribution is -2.84. The Balaban J connectivity index is 2.18. The van der Waals surface area contributed by atoms with Gasteiger partial charge in [-0.2, -0.15) is 0 Å². The van der Waals surface area contributed by atoms with Gasteiger partial charge in [0.25, 0.3) is 11.8 Å². The van der Waals surface area contributed by atoms with Crippen LogP contribution in [0.3, 0.4) is 0 Å². The van der Waals surface area contributed by atoms with E-state index in [9.17, 15) is 22.8 Å². The van der Waals surface area contributed by atoms with Crippen LogP contribution in [0, 0.1) is 5.41 Å². The standard InChI is InChI=1S/C26H30N2O6S2/c1-17(2)20(22(30)34-6)28-23(25(3,4)5)26(24(28)31,27-21(29)18-13-9-7-10-14-18)35-36(32,33)19-15-11-8-12-16-19/h7-16,20,23H,1H2,2-6H3,(H,27,29). The van der Waals surface area contributed by atoms with Crippen LogP contribution in [-0.4, -0.2) is 55.2 Å². The minimum absolute atomic E-state index is 0.00772. The van der Waals surface area contributed by atoms with Crippen LogP contribution in [0.25, 0.3) is 0 Å². The number of hydrogen-bond donors (Lipinski definition) is 1. The van der Waals surface area contributed by atoms with E-state index in [1.54, 1.807) is 55.5 Å². The zero-order valence-corrected chi connectivity index (χ0v) is 22.5. The Morgan fingerprint density at radius 1 is 1.08 bits per heavy atom. The van der Waals surface area contributed by atoms with Crippen molar-refractivity contribution in [3.8, 4) is 0 Å². The maximum absolute atomic E-state index is 14.0. The number of hydrogen-bond acceptors (Lipinski definition) is 7. The largest absolute Gasteiger partial charge is 0.467 e. The third-order valence-electron chi connectivity index (χ3n) is 5.81. The minimum Gasteiger partial charge on any atom is -0.467 e. The summed E-state index contributed by atoms with van der Waals surface area (Å²) >= 11 is 0. The number of amides is 2. The minimum atomic E-state index is -4.11. The van der Waals surface area contributed by atoms with Crippen LogP contribution in [0.2, 0.25) is 0 Å². The molecule has 1 heterocycles. The smallest absolute Gasteiger partial charge is 0.332 e. The molecule has 192 valence electrons. The fraction of sp³-hybridized carbons (Fsp3) is 0.346. The number of esters is 1. The number of nitrogens with zero attached hydrogens (tertiary/aromatic N) is 1. The molecule has 3 unspecified atom stereocenters. The van der Waals surface area contributed by atoms with Crippen LogP contribution in [-0.2, 0) is 23.2 Å². The molecule has 1 saturated heterocycles. The Hall–Kier alpha value is -3.11. The first kappa shape index (κ1) is 27.5. The van der Waals surface area contributed by atoms with Crippen molar-refractivity contribution in [1.29, 1.82) is 0 Å². The van der Waals surface area contributed by atoms with Gasteiger partial charge < -0.3 is 15.0 Å². The van der Waals surface area contributed by atoms with E-state index < -0.39 is 49.0 Å². The van der Waals surface area contributed by atoms with E-state index in [4.69, 9.17) is 4.74 Å². The maximum Gasteiger partial charge on any atom is 0.332 e. The molecule has 0 spiro atoms. The first-order valence-electron chi connectivity index (χ1n) is 11.2. The van der Waals surface area contributed by atoms with Gasteiger partial charge in [-0.1, -0.05) is 63.7 Å². The number of carbonyl (C=O) groups is 3. The second-order valence-electron chi connectivity index (χ2n) is 9.66. The highest BCUT2D eigenvalue weighted by atomic mass is 33.1. The first-order chi connectivity index (χ1) is 16.8. The van der Waals surface area contributed by atoms with Crippen LogP contribution in [0.15, 0.2) is 77.7 Å². The lowest BCUT2D eigenvalue weighted by atomic mass is 9.73. The Bertz CT molecular complexity index is 1270. The first-order valence-corrected chi connectivity index (χ1v) is 14.0. The van der Waals surface area contributed by atoms with E-state index in [2.05, 4.69) is 11.9 Å². The highest BCUT2D eigenvalue weighted by Gasteiger charge is 2.70. The van der Waals surface area contributed by atoms with E-state index in [0.29, 0.717) is 16.4 Å². The van der Waals surface area contributed by atoms with Gasteiger partial charge in [-0.15, -0.1) is 0 Å². The molecule has 2 aromatic carbocycles. The third kappa shape index (κ3) is 5.05. The van der Waals surface area contributed by atoms with E-state index in [1.807, 2.05) is 20.8 Å². The molecule has 10 heteroatoms. The number of rotatable bonds is 8. The van der Waals surface area contributed by atoms with Gasteiger partial charge in [0.15, 0.2) is 6.04 Å². The SMILES string of the molecule is C=C(C)C(C(=O)OC)N1C(=O)C(NC(=O)c2ccccc2)(SS(=O)(=O)c2ccccc2)C1C(C)(C)C. The van der Waals surface area contributed by atoms with Crippen molar-refractivity contribution in [3.05, 3.63) is 78.4 Å². The Labute approximate surface area is 215 Å². The van der Waals surface area contributed by atoms with Gasteiger partial charge >= 0.3 is 5.97 Å². The fourth-order valence-corrected chi connectivity index (χ4v) is 8.45. The zero-order chi connectivity index (χ0) is 26.9. The summed E-state index contributed by atoms with van der Waals surface area (Å²) in [6.45, 7) is 10.9. The van der Waals surface area contributed by atoms with Gasteiger partial charge in [-0.25, -0.2) is 13.2 Å². The van der Waals surface area contributed by atoms with Crippen LogP contribution in [0.1, 0.15) is 38.1 Å². The molecule has 0 bridgehead atoms. The normalized spacial score (nSPS) is 20.8. The summed E-state index contributed by atoms with van der Waals surface area (Å²) in [6.07, 6.45) is 0. The molecule has 0 aromatic heterocycles. The molecule has 8 nitrogen and oxygen atoms in total. The molecule has 3 rings (SSSR count). The van der Waals surface area contributed by atoms with Gasteiger partial charge in [-0.3, -0.25) is 9.59 Å². The molecule has 2 aromatic rings. The average molecular weight is 531 g/mol. The molecule has 1 N–H and O–H groups in total. The molecule has 36 heavy (non-hydrogen) atoms. The van der Waals surface area contributed by atoms with Crippen molar-refractivity contribution in [3.63, 3.8) is 0 Å². The average Bonchev–Trinajstić information content (AvgIpc) is 2.82. The van der Waals surface area contributed by atoms with Gasteiger partial charge in [-0.05, 0) is 42.2 Å². The predicted octanol–water partition coefficient (Wildman–Crippen LogP) is 3.61. The Morgan fingerprint density at radius 2 is 1.61 bits per heavy atom. The molecule has 1 aliphatic heterocycles. The summed E-state index contributed by atoms with van der Waals surface area (Å²) in [5.74, 6) is -2.04. The quantitative estimate of drug-likeness (QED) is 0.183. The lowest BCUT2D eigenvalue weighted by molar-refractivity contribution is -0.173. The van der Waals surface area contributed by atoms with E-state index in [0.717, 1.165) is 0 Å². The zero-order valence-electron chi connectivity index (χ0n) is 20.8. The molecule has 3 atom stereocenters. The second kappa shape index (κ2) is 10.1. The van der Waals surface area contributed by atoms with Crippen molar-refractivity contribution in [2.45, 2.75) is 49.5 Å². The van der Waals surface area contributed by atoms with Gasteiger partial charge in [0.05, 0.1) is 18.0 Å². The highest BCUT2D eigenvalue weighted by molar-refractivity contribution is 8.72. The summed E-state index contributed by atoms with van der Waals surface area (Å²) in [6, 6.07) is 13.8. The van der Waals surface area contributed by atoms with Crippen LogP contribution in [0.5, 0.6) is 0 Å². The van der Waals surface area contributed by atoms with E-state index >= 15 is 0 Å². The van der Waals surface area contributed by atoms with Crippen molar-refractivity contribution >= 4 is 37.4 Å². The number of β-lactam (4-membered cyclic amide) rings is 1. The summed E-state index contributed by atoms with van der Waals surface area (Å²) in [4.78, 5) is 39.3. The molecule has 1 fully saturated rings. The molecule has 1 aliphatic rings. The molecular formula is C26H30N2O6S2. The molecule has 0 saturated carbocycles. The second-order valence-corrected chi connectivity index (χ2v) is 13.7. The summed E-state index contributed by atoms with van der Waals surface area (Å²) in [7, 11) is -2.54. The van der Waals surface area contributed by atoms with Gasteiger partial charge in [0.2, 0.25) is 13.7 Å². The monoisotopic (exact) mass is 530 g/mol. The van der Waals surface area contributed by atoms with E-state index in [-0.39, 0.29) is 10.5 Å². The van der Waals surface area contributed by atoms with Crippen LogP contribution < -0.4 is 5.32 Å². The van der Waals surface area contributed by atoms with Crippen molar-refractivity contribution in [2.24, 2.45) is 5.41 Å². The van der Waals surface area contributed by atoms with E-state index in [1.165, 1.54) is 24.1 Å². The number of ether oxygens (including phenoxy) is 1. The predicted molar refractivity (Wildman–Crippen MR) is 139 cm³/mol. The lowest BCUT2D eigenvalue weighted by Gasteiger charge is -2.61. The third-order valence-corrected chi connectivity index (χ3v) is 9.67.